The van der Waals surface area contributed by atoms with Gasteiger partial charge in [0.05, 0.1) is 24.5 Å². The minimum absolute atomic E-state index is 0.428. The van der Waals surface area contributed by atoms with Gasteiger partial charge in [-0.25, -0.2) is 4.98 Å². The highest BCUT2D eigenvalue weighted by Crippen LogP contribution is 2.35. The van der Waals surface area contributed by atoms with E-state index in [2.05, 4.69) is 14.8 Å². The van der Waals surface area contributed by atoms with Crippen LogP contribution in [-0.2, 0) is 9.53 Å². The Balaban J connectivity index is 1.81. The molecule has 6 heteroatoms. The molecule has 126 valence electrons. The molecule has 1 aromatic rings. The van der Waals surface area contributed by atoms with E-state index in [0.29, 0.717) is 18.8 Å². The van der Waals surface area contributed by atoms with Gasteiger partial charge in [0.15, 0.2) is 0 Å². The van der Waals surface area contributed by atoms with Gasteiger partial charge in [-0.15, -0.1) is 0 Å². The van der Waals surface area contributed by atoms with Crippen molar-refractivity contribution in [1.29, 1.82) is 0 Å². The van der Waals surface area contributed by atoms with Gasteiger partial charge in [-0.05, 0) is 25.3 Å². The number of aromatic nitrogens is 1. The van der Waals surface area contributed by atoms with E-state index in [1.165, 1.54) is 12.5 Å². The Kier molecular flexibility index (Phi) is 4.06. The van der Waals surface area contributed by atoms with Crippen molar-refractivity contribution in [1.82, 2.24) is 9.88 Å². The summed E-state index contributed by atoms with van der Waals surface area (Å²) >= 11 is 0. The summed E-state index contributed by atoms with van der Waals surface area (Å²) < 4.78 is 5.43. The molecule has 0 bridgehead atoms. The summed E-state index contributed by atoms with van der Waals surface area (Å²) in [6.45, 7) is 4.61. The van der Waals surface area contributed by atoms with Crippen LogP contribution in [0.2, 0.25) is 0 Å². The molecule has 0 amide bonds. The maximum absolute atomic E-state index is 12.4. The molecular formula is C18H21N3O3. The largest absolute Gasteiger partial charge is 0.378 e. The number of ketones is 2. The molecule has 0 spiro atoms. The van der Waals surface area contributed by atoms with Crippen molar-refractivity contribution in [3.05, 3.63) is 29.5 Å². The zero-order valence-electron chi connectivity index (χ0n) is 13.7. The molecule has 1 aliphatic carbocycles. The molecule has 0 N–H and O–H groups in total. The highest BCUT2D eigenvalue weighted by molar-refractivity contribution is 6.50. The van der Waals surface area contributed by atoms with Gasteiger partial charge in [0, 0.05) is 44.0 Å². The third-order valence-corrected chi connectivity index (χ3v) is 4.93. The molecule has 0 aromatic carbocycles. The normalized spacial score (nSPS) is 21.6. The summed E-state index contributed by atoms with van der Waals surface area (Å²) in [5, 5.41) is 0. The first-order chi connectivity index (χ1) is 11.8. The highest BCUT2D eigenvalue weighted by Gasteiger charge is 2.33. The third-order valence-electron chi connectivity index (χ3n) is 4.93. The molecule has 0 unspecified atom stereocenters. The Bertz CT molecular complexity index is 701. The molecular weight excluding hydrogens is 306 g/mol. The summed E-state index contributed by atoms with van der Waals surface area (Å²) in [6, 6.07) is 1.68. The van der Waals surface area contributed by atoms with Crippen LogP contribution in [0.4, 0.5) is 5.82 Å². The summed E-state index contributed by atoms with van der Waals surface area (Å²) in [5.41, 5.74) is 2.14. The average molecular weight is 327 g/mol. The van der Waals surface area contributed by atoms with Gasteiger partial charge in [-0.3, -0.25) is 9.59 Å². The number of morpholine rings is 1. The van der Waals surface area contributed by atoms with E-state index < -0.39 is 11.6 Å². The number of piperidine rings is 1. The van der Waals surface area contributed by atoms with Crippen LogP contribution in [0.3, 0.4) is 0 Å². The van der Waals surface area contributed by atoms with Crippen LogP contribution >= 0.6 is 0 Å². The molecule has 3 heterocycles. The first-order valence-corrected chi connectivity index (χ1v) is 8.63. The fourth-order valence-electron chi connectivity index (χ4n) is 3.69. The number of ether oxygens (including phenoxy) is 1. The topological polar surface area (TPSA) is 62.7 Å². The van der Waals surface area contributed by atoms with Crippen molar-refractivity contribution in [2.24, 2.45) is 0 Å². The van der Waals surface area contributed by atoms with Crippen LogP contribution in [0, 0.1) is 0 Å². The molecule has 6 nitrogen and oxygen atoms in total. The minimum Gasteiger partial charge on any atom is -0.378 e. The molecule has 2 saturated heterocycles. The van der Waals surface area contributed by atoms with Gasteiger partial charge in [0.25, 0.3) is 0 Å². The van der Waals surface area contributed by atoms with Crippen LogP contribution in [0.1, 0.15) is 35.2 Å². The van der Waals surface area contributed by atoms with E-state index in [4.69, 9.17) is 4.74 Å². The smallest absolute Gasteiger partial charge is 0.233 e. The van der Waals surface area contributed by atoms with E-state index in [1.54, 1.807) is 12.3 Å². The number of Topliss-reactive ketones (excluding diaryl/α,β-unsaturated/α-hetero) is 1. The molecule has 4 rings (SSSR count). The Morgan fingerprint density at radius 1 is 0.958 bits per heavy atom. The van der Waals surface area contributed by atoms with Crippen molar-refractivity contribution in [2.45, 2.75) is 19.3 Å². The van der Waals surface area contributed by atoms with Crippen molar-refractivity contribution in [3.63, 3.8) is 0 Å². The number of fused-ring (bicyclic) bond motifs is 1. The molecule has 2 fully saturated rings. The number of anilines is 1. The number of nitrogens with zero attached hydrogens (tertiary/aromatic N) is 3. The van der Waals surface area contributed by atoms with Gasteiger partial charge in [0.1, 0.15) is 5.82 Å². The summed E-state index contributed by atoms with van der Waals surface area (Å²) in [4.78, 5) is 33.6. The minimum atomic E-state index is -0.445. The first-order valence-electron chi connectivity index (χ1n) is 8.63. The lowest BCUT2D eigenvalue weighted by molar-refractivity contribution is -0.111. The van der Waals surface area contributed by atoms with Gasteiger partial charge in [-0.1, -0.05) is 0 Å². The first kappa shape index (κ1) is 15.3. The zero-order chi connectivity index (χ0) is 16.5. The van der Waals surface area contributed by atoms with E-state index in [-0.39, 0.29) is 0 Å². The zero-order valence-corrected chi connectivity index (χ0v) is 13.7. The van der Waals surface area contributed by atoms with Gasteiger partial charge < -0.3 is 14.5 Å². The number of hydrogen-bond donors (Lipinski definition) is 0. The second-order valence-corrected chi connectivity index (χ2v) is 6.43. The number of carbonyl (C=O) groups excluding carboxylic acids is 2. The van der Waals surface area contributed by atoms with E-state index in [1.807, 2.05) is 0 Å². The van der Waals surface area contributed by atoms with Crippen LogP contribution in [0.15, 0.2) is 18.3 Å². The standard InChI is InChI=1S/C18H21N3O3/c22-15-12-14(20-8-10-24-11-9-20)16-13(17(15)23)4-5-19-18(16)21-6-2-1-3-7-21/h4-5,12H,1-3,6-11H2. The van der Waals surface area contributed by atoms with Crippen molar-refractivity contribution < 1.29 is 14.3 Å². The number of carbonyl (C=O) groups is 2. The Hall–Kier alpha value is -2.21. The molecule has 3 aliphatic rings. The monoisotopic (exact) mass is 327 g/mol. The van der Waals surface area contributed by atoms with Crippen LogP contribution in [-0.4, -0.2) is 60.8 Å². The van der Waals surface area contributed by atoms with Gasteiger partial charge >= 0.3 is 0 Å². The van der Waals surface area contributed by atoms with Crippen LogP contribution < -0.4 is 4.90 Å². The lowest BCUT2D eigenvalue weighted by Gasteiger charge is -2.36. The lowest BCUT2D eigenvalue weighted by Crippen LogP contribution is -2.39. The SMILES string of the molecule is O=C1C=C(N2CCOCC2)c2c(ccnc2N2CCCCC2)C1=O. The number of allylic oxidation sites excluding steroid dienone is 1. The summed E-state index contributed by atoms with van der Waals surface area (Å²) in [7, 11) is 0. The van der Waals surface area contributed by atoms with E-state index >= 15 is 0 Å². The molecule has 0 radical (unpaired) electrons. The maximum atomic E-state index is 12.4. The highest BCUT2D eigenvalue weighted by atomic mass is 16.5. The fourth-order valence-corrected chi connectivity index (χ4v) is 3.69. The Labute approximate surface area is 141 Å². The summed E-state index contributed by atoms with van der Waals surface area (Å²) in [5.74, 6) is -0.0340. The molecule has 2 aliphatic heterocycles. The number of pyridine rings is 1. The summed E-state index contributed by atoms with van der Waals surface area (Å²) in [6.07, 6.45) is 6.64. The Morgan fingerprint density at radius 2 is 1.71 bits per heavy atom. The van der Waals surface area contributed by atoms with Crippen molar-refractivity contribution in [3.8, 4) is 0 Å². The predicted molar refractivity (Wildman–Crippen MR) is 90.0 cm³/mol. The van der Waals surface area contributed by atoms with Crippen LogP contribution in [0.25, 0.3) is 5.70 Å². The maximum Gasteiger partial charge on any atom is 0.233 e. The van der Waals surface area contributed by atoms with Crippen molar-refractivity contribution in [2.75, 3.05) is 44.3 Å². The van der Waals surface area contributed by atoms with Crippen molar-refractivity contribution >= 4 is 23.1 Å². The second kappa shape index (κ2) is 6.36. The van der Waals surface area contributed by atoms with Gasteiger partial charge in [0.2, 0.25) is 11.6 Å². The molecule has 0 saturated carbocycles. The van der Waals surface area contributed by atoms with E-state index in [0.717, 1.165) is 56.1 Å². The fraction of sp³-hybridized carbons (Fsp3) is 0.500. The third kappa shape index (κ3) is 2.60. The number of rotatable bonds is 2. The predicted octanol–water partition coefficient (Wildman–Crippen LogP) is 1.51. The molecule has 24 heavy (non-hydrogen) atoms. The average Bonchev–Trinajstić information content (AvgIpc) is 2.65. The quantitative estimate of drug-likeness (QED) is 0.767. The van der Waals surface area contributed by atoms with E-state index in [9.17, 15) is 9.59 Å². The Morgan fingerprint density at radius 3 is 2.46 bits per heavy atom. The molecule has 1 aromatic heterocycles. The second-order valence-electron chi connectivity index (χ2n) is 6.43. The lowest BCUT2D eigenvalue weighted by atomic mass is 9.92. The number of hydrogen-bond acceptors (Lipinski definition) is 6. The molecule has 0 atom stereocenters. The van der Waals surface area contributed by atoms with Gasteiger partial charge in [-0.2, -0.15) is 0 Å². The van der Waals surface area contributed by atoms with Crippen LogP contribution in [0.5, 0.6) is 0 Å².